The Morgan fingerprint density at radius 1 is 1.07 bits per heavy atom. The van der Waals surface area contributed by atoms with Crippen LogP contribution in [0.5, 0.6) is 5.75 Å². The molecule has 0 unspecified atom stereocenters. The average molecular weight is 384 g/mol. The number of rotatable bonds is 5. The maximum absolute atomic E-state index is 13.2. The second-order valence-electron chi connectivity index (χ2n) is 5.77. The van der Waals surface area contributed by atoms with Gasteiger partial charge in [-0.05, 0) is 23.8 Å². The van der Waals surface area contributed by atoms with Crippen molar-refractivity contribution in [3.8, 4) is 22.8 Å². The van der Waals surface area contributed by atoms with Crippen LogP contribution >= 0.6 is 0 Å². The molecule has 3 aromatic heterocycles. The number of alkyl halides is 2. The van der Waals surface area contributed by atoms with Crippen molar-refractivity contribution in [1.29, 1.82) is 0 Å². The molecule has 6 nitrogen and oxygen atoms in total. The monoisotopic (exact) mass is 384 g/mol. The van der Waals surface area contributed by atoms with E-state index in [0.717, 1.165) is 12.4 Å². The number of hydrogen-bond donors (Lipinski definition) is 0. The summed E-state index contributed by atoms with van der Waals surface area (Å²) in [6.45, 7) is -2.95. The third kappa shape index (κ3) is 3.29. The van der Waals surface area contributed by atoms with Crippen molar-refractivity contribution in [2.24, 2.45) is 0 Å². The molecule has 0 bridgehead atoms. The zero-order chi connectivity index (χ0) is 19.7. The fourth-order valence-electron chi connectivity index (χ4n) is 2.83. The quantitative estimate of drug-likeness (QED) is 0.486. The Hall–Kier alpha value is -3.75. The zero-order valence-electron chi connectivity index (χ0n) is 14.1. The number of hydrogen-bond acceptors (Lipinski definition) is 5. The summed E-state index contributed by atoms with van der Waals surface area (Å²) in [6.07, 6.45) is 5.71. The third-order valence-corrected chi connectivity index (χ3v) is 3.99. The summed E-state index contributed by atoms with van der Waals surface area (Å²) in [6, 6.07) is 7.73. The van der Waals surface area contributed by atoms with Crippen molar-refractivity contribution < 1.29 is 22.7 Å². The largest absolute Gasteiger partial charge is 0.435 e. The van der Waals surface area contributed by atoms with E-state index in [9.17, 15) is 18.0 Å². The third-order valence-electron chi connectivity index (χ3n) is 3.99. The molecule has 1 aromatic carbocycles. The predicted molar refractivity (Wildman–Crippen MR) is 94.1 cm³/mol. The first-order valence-corrected chi connectivity index (χ1v) is 8.04. The predicted octanol–water partition coefficient (Wildman–Crippen LogP) is 4.04. The summed E-state index contributed by atoms with van der Waals surface area (Å²) in [7, 11) is 0. The van der Waals surface area contributed by atoms with Gasteiger partial charge in [0, 0.05) is 23.5 Å². The van der Waals surface area contributed by atoms with Crippen LogP contribution in [0.3, 0.4) is 0 Å². The van der Waals surface area contributed by atoms with Crippen molar-refractivity contribution in [1.82, 2.24) is 19.5 Å². The van der Waals surface area contributed by atoms with Gasteiger partial charge in [-0.15, -0.1) is 0 Å². The van der Waals surface area contributed by atoms with Crippen LogP contribution in [-0.4, -0.2) is 32.4 Å². The van der Waals surface area contributed by atoms with E-state index in [1.54, 1.807) is 29.0 Å². The Morgan fingerprint density at radius 2 is 1.86 bits per heavy atom. The lowest BCUT2D eigenvalue weighted by Crippen LogP contribution is -2.01. The molecule has 0 aliphatic rings. The maximum atomic E-state index is 13.2. The van der Waals surface area contributed by atoms with Gasteiger partial charge in [0.25, 0.3) is 0 Å². The number of carbonyl (C=O) groups excluding carboxylic acids is 1. The van der Waals surface area contributed by atoms with Gasteiger partial charge in [-0.2, -0.15) is 8.78 Å². The van der Waals surface area contributed by atoms with Crippen molar-refractivity contribution in [2.75, 3.05) is 0 Å². The number of benzene rings is 1. The van der Waals surface area contributed by atoms with Crippen molar-refractivity contribution >= 4 is 17.3 Å². The Kier molecular flexibility index (Phi) is 4.48. The highest BCUT2D eigenvalue weighted by Crippen LogP contribution is 2.33. The van der Waals surface area contributed by atoms with Crippen LogP contribution in [0.2, 0.25) is 0 Å². The maximum Gasteiger partial charge on any atom is 0.387 e. The molecule has 0 N–H and O–H groups in total. The SMILES string of the molecule is O=Cc1cnc2c(-c3cccc(OC(F)F)c3)cn(-c3ncc(F)cn3)c2c1. The minimum absolute atomic E-state index is 0.00376. The summed E-state index contributed by atoms with van der Waals surface area (Å²) >= 11 is 0. The number of ether oxygens (including phenoxy) is 1. The summed E-state index contributed by atoms with van der Waals surface area (Å²) in [5.41, 5.74) is 2.48. The van der Waals surface area contributed by atoms with Gasteiger partial charge in [-0.25, -0.2) is 14.4 Å². The number of fused-ring (bicyclic) bond motifs is 1. The molecule has 3 heterocycles. The molecule has 0 atom stereocenters. The van der Waals surface area contributed by atoms with Gasteiger partial charge < -0.3 is 4.74 Å². The number of nitrogens with zero attached hydrogens (tertiary/aromatic N) is 4. The van der Waals surface area contributed by atoms with Crippen molar-refractivity contribution in [3.05, 3.63) is 66.5 Å². The second kappa shape index (κ2) is 7.10. The molecular formula is C19H11F3N4O2. The minimum atomic E-state index is -2.95. The van der Waals surface area contributed by atoms with Crippen molar-refractivity contribution in [3.63, 3.8) is 0 Å². The highest BCUT2D eigenvalue weighted by atomic mass is 19.3. The van der Waals surface area contributed by atoms with Gasteiger partial charge in [-0.1, -0.05) is 12.1 Å². The van der Waals surface area contributed by atoms with Crippen LogP contribution < -0.4 is 4.74 Å². The van der Waals surface area contributed by atoms with E-state index in [0.29, 0.717) is 34.0 Å². The van der Waals surface area contributed by atoms with E-state index < -0.39 is 12.4 Å². The van der Waals surface area contributed by atoms with Crippen LogP contribution in [0.1, 0.15) is 10.4 Å². The lowest BCUT2D eigenvalue weighted by Gasteiger charge is -2.06. The van der Waals surface area contributed by atoms with Crippen molar-refractivity contribution in [2.45, 2.75) is 6.61 Å². The molecule has 0 aliphatic heterocycles. The zero-order valence-corrected chi connectivity index (χ0v) is 14.1. The Bertz CT molecular complexity index is 1160. The number of pyridine rings is 1. The number of aromatic nitrogens is 4. The van der Waals surface area contributed by atoms with Crippen LogP contribution in [0.15, 0.2) is 55.1 Å². The molecule has 0 fully saturated rings. The smallest absolute Gasteiger partial charge is 0.387 e. The van der Waals surface area contributed by atoms with E-state index in [4.69, 9.17) is 0 Å². The molecule has 0 spiro atoms. The number of carbonyl (C=O) groups is 1. The molecule has 9 heteroatoms. The molecule has 4 rings (SSSR count). The van der Waals surface area contributed by atoms with Crippen LogP contribution in [-0.2, 0) is 0 Å². The molecule has 0 amide bonds. The summed E-state index contributed by atoms with van der Waals surface area (Å²) in [5.74, 6) is -0.428. The van der Waals surface area contributed by atoms with E-state index in [2.05, 4.69) is 19.7 Å². The van der Waals surface area contributed by atoms with Gasteiger partial charge in [-0.3, -0.25) is 14.3 Å². The lowest BCUT2D eigenvalue weighted by atomic mass is 10.1. The Morgan fingerprint density at radius 3 is 2.57 bits per heavy atom. The molecule has 140 valence electrons. The fraction of sp³-hybridized carbons (Fsp3) is 0.0526. The Balaban J connectivity index is 1.92. The first-order valence-electron chi connectivity index (χ1n) is 8.04. The minimum Gasteiger partial charge on any atom is -0.435 e. The summed E-state index contributed by atoms with van der Waals surface area (Å²) < 4.78 is 44.2. The second-order valence-corrected chi connectivity index (χ2v) is 5.77. The average Bonchev–Trinajstić information content (AvgIpc) is 3.07. The molecule has 4 aromatic rings. The van der Waals surface area contributed by atoms with Crippen LogP contribution in [0, 0.1) is 5.82 Å². The topological polar surface area (TPSA) is 69.9 Å². The van der Waals surface area contributed by atoms with Gasteiger partial charge in [0.15, 0.2) is 12.1 Å². The van der Waals surface area contributed by atoms with E-state index in [1.165, 1.54) is 18.3 Å². The van der Waals surface area contributed by atoms with Crippen LogP contribution in [0.25, 0.3) is 28.1 Å². The normalized spacial score (nSPS) is 11.1. The highest BCUT2D eigenvalue weighted by Gasteiger charge is 2.16. The molecule has 28 heavy (non-hydrogen) atoms. The van der Waals surface area contributed by atoms with Crippen LogP contribution in [0.4, 0.5) is 13.2 Å². The number of halogens is 3. The fourth-order valence-corrected chi connectivity index (χ4v) is 2.83. The molecule has 0 saturated heterocycles. The molecular weight excluding hydrogens is 373 g/mol. The van der Waals surface area contributed by atoms with E-state index in [-0.39, 0.29) is 11.7 Å². The van der Waals surface area contributed by atoms with Gasteiger partial charge >= 0.3 is 6.61 Å². The first kappa shape index (κ1) is 17.7. The Labute approximate surface area is 156 Å². The standard InChI is InChI=1S/C19H11F3N4O2/c20-13-7-24-19(25-8-13)26-9-15(17-16(26)4-11(10-27)6-23-17)12-2-1-3-14(5-12)28-18(21)22/h1-10,18H. The summed E-state index contributed by atoms with van der Waals surface area (Å²) in [4.78, 5) is 23.4. The number of aldehydes is 1. The lowest BCUT2D eigenvalue weighted by molar-refractivity contribution is -0.0498. The van der Waals surface area contributed by atoms with Gasteiger partial charge in [0.1, 0.15) is 5.75 Å². The van der Waals surface area contributed by atoms with Gasteiger partial charge in [0.2, 0.25) is 5.95 Å². The molecule has 0 aliphatic carbocycles. The van der Waals surface area contributed by atoms with Gasteiger partial charge in [0.05, 0.1) is 23.4 Å². The summed E-state index contributed by atoms with van der Waals surface area (Å²) in [5, 5.41) is 0. The first-order chi connectivity index (χ1) is 13.5. The molecule has 0 radical (unpaired) electrons. The van der Waals surface area contributed by atoms with E-state index >= 15 is 0 Å². The highest BCUT2D eigenvalue weighted by molar-refractivity contribution is 5.96. The van der Waals surface area contributed by atoms with E-state index in [1.807, 2.05) is 0 Å². The molecule has 0 saturated carbocycles.